The summed E-state index contributed by atoms with van der Waals surface area (Å²) in [6.07, 6.45) is 0. The summed E-state index contributed by atoms with van der Waals surface area (Å²) in [7, 11) is 0. The third-order valence-electron chi connectivity index (χ3n) is 12.3. The summed E-state index contributed by atoms with van der Waals surface area (Å²) >= 11 is 0. The summed E-state index contributed by atoms with van der Waals surface area (Å²) in [5, 5.41) is 2.46. The number of rotatable bonds is 6. The van der Waals surface area contributed by atoms with Gasteiger partial charge >= 0.3 is 0 Å². The van der Waals surface area contributed by atoms with E-state index in [2.05, 4.69) is 242 Å². The van der Waals surface area contributed by atoms with Gasteiger partial charge in [0.15, 0.2) is 0 Å². The van der Waals surface area contributed by atoms with Gasteiger partial charge < -0.3 is 9.47 Å². The van der Waals surface area contributed by atoms with Crippen LogP contribution >= 0.6 is 0 Å². The van der Waals surface area contributed by atoms with Gasteiger partial charge in [-0.3, -0.25) is 0 Å². The first-order chi connectivity index (χ1) is 29.0. The lowest BCUT2D eigenvalue weighted by Crippen LogP contribution is -2.30. The van der Waals surface area contributed by atoms with Crippen LogP contribution in [0.5, 0.6) is 0 Å². The van der Waals surface area contributed by atoms with Crippen LogP contribution < -0.4 is 4.90 Å². The summed E-state index contributed by atoms with van der Waals surface area (Å²) in [5.74, 6) is 0. The van der Waals surface area contributed by atoms with E-state index in [1.54, 1.807) is 0 Å². The van der Waals surface area contributed by atoms with Crippen molar-refractivity contribution >= 4 is 38.9 Å². The standard InChI is InChI=1S/C57H42N2/c1-57(2)51-28-16-18-30-54(51)59(48-35-45(41-23-11-5-12-24-41)32-46(36-48)42-25-13-6-14-26-42)56-37-50-49-27-15-17-29-53(49)58(55(50)38-52(56)57)47-33-43(39-19-7-3-8-20-39)31-44(34-47)40-21-9-4-10-22-40/h3-38H,1-2H3. The Bertz CT molecular complexity index is 3050. The summed E-state index contributed by atoms with van der Waals surface area (Å²) in [4.78, 5) is 2.52. The Labute approximate surface area is 345 Å². The molecule has 2 heteroatoms. The second-order valence-corrected chi connectivity index (χ2v) is 16.2. The van der Waals surface area contributed by atoms with Crippen LogP contribution in [0.2, 0.25) is 0 Å². The van der Waals surface area contributed by atoms with Gasteiger partial charge in [0.25, 0.3) is 0 Å². The number of aromatic nitrogens is 1. The smallest absolute Gasteiger partial charge is 0.0545 e. The molecule has 0 aliphatic carbocycles. The van der Waals surface area contributed by atoms with Crippen molar-refractivity contribution in [2.24, 2.45) is 0 Å². The van der Waals surface area contributed by atoms with Crippen LogP contribution in [0.25, 0.3) is 72.0 Å². The average molecular weight is 755 g/mol. The van der Waals surface area contributed by atoms with Gasteiger partial charge in [0, 0.05) is 27.6 Å². The predicted molar refractivity (Wildman–Crippen MR) is 249 cm³/mol. The fraction of sp³-hybridized carbons (Fsp3) is 0.0526. The molecule has 0 unspecified atom stereocenters. The lowest BCUT2D eigenvalue weighted by Gasteiger charge is -2.42. The van der Waals surface area contributed by atoms with Gasteiger partial charge in [0.1, 0.15) is 0 Å². The molecule has 1 aliphatic rings. The molecular formula is C57H42N2. The van der Waals surface area contributed by atoms with Crippen LogP contribution in [-0.4, -0.2) is 4.57 Å². The molecule has 0 atom stereocenters. The van der Waals surface area contributed by atoms with E-state index in [-0.39, 0.29) is 5.41 Å². The van der Waals surface area contributed by atoms with E-state index in [9.17, 15) is 0 Å². The maximum absolute atomic E-state index is 2.52. The van der Waals surface area contributed by atoms with E-state index in [0.29, 0.717) is 0 Å². The van der Waals surface area contributed by atoms with Crippen molar-refractivity contribution in [2.75, 3.05) is 4.90 Å². The summed E-state index contributed by atoms with van der Waals surface area (Å²) in [6.45, 7) is 4.78. The van der Waals surface area contributed by atoms with Gasteiger partial charge in [-0.2, -0.15) is 0 Å². The molecule has 10 aromatic rings. The first-order valence-corrected chi connectivity index (χ1v) is 20.5. The van der Waals surface area contributed by atoms with Crippen LogP contribution in [0.4, 0.5) is 17.1 Å². The van der Waals surface area contributed by atoms with Crippen LogP contribution in [0, 0.1) is 0 Å². The molecule has 0 spiro atoms. The molecule has 2 nitrogen and oxygen atoms in total. The van der Waals surface area contributed by atoms with Gasteiger partial charge in [-0.05, 0) is 116 Å². The summed E-state index contributed by atoms with van der Waals surface area (Å²) < 4.78 is 2.49. The minimum atomic E-state index is -0.279. The Kier molecular flexibility index (Phi) is 8.20. The molecular weight excluding hydrogens is 713 g/mol. The third kappa shape index (κ3) is 5.87. The first-order valence-electron chi connectivity index (χ1n) is 20.5. The fourth-order valence-corrected chi connectivity index (χ4v) is 9.39. The highest BCUT2D eigenvalue weighted by molar-refractivity contribution is 6.12. The zero-order valence-electron chi connectivity index (χ0n) is 33.2. The Hall–Kier alpha value is -7.42. The number of fused-ring (bicyclic) bond motifs is 5. The minimum absolute atomic E-state index is 0.279. The van der Waals surface area contributed by atoms with Crippen molar-refractivity contribution in [1.82, 2.24) is 4.57 Å². The molecule has 280 valence electrons. The Morgan fingerprint density at radius 1 is 0.305 bits per heavy atom. The summed E-state index contributed by atoms with van der Waals surface area (Å²) in [5.41, 5.74) is 19.0. The maximum atomic E-state index is 2.52. The lowest BCUT2D eigenvalue weighted by atomic mass is 9.73. The molecule has 0 amide bonds. The molecule has 1 aliphatic heterocycles. The van der Waals surface area contributed by atoms with E-state index in [1.807, 2.05) is 0 Å². The highest BCUT2D eigenvalue weighted by Crippen LogP contribution is 2.54. The van der Waals surface area contributed by atoms with E-state index in [4.69, 9.17) is 0 Å². The number of nitrogens with zero attached hydrogens (tertiary/aromatic N) is 2. The molecule has 0 radical (unpaired) electrons. The van der Waals surface area contributed by atoms with Crippen molar-refractivity contribution in [2.45, 2.75) is 19.3 Å². The van der Waals surface area contributed by atoms with Crippen LogP contribution in [0.15, 0.2) is 218 Å². The molecule has 0 saturated carbocycles. The number of benzene rings is 9. The largest absolute Gasteiger partial charge is 0.310 e. The van der Waals surface area contributed by atoms with E-state index < -0.39 is 0 Å². The normalized spacial score (nSPS) is 13.0. The van der Waals surface area contributed by atoms with Crippen molar-refractivity contribution < 1.29 is 0 Å². The van der Waals surface area contributed by atoms with Crippen molar-refractivity contribution in [3.63, 3.8) is 0 Å². The molecule has 1 aromatic heterocycles. The zero-order valence-corrected chi connectivity index (χ0v) is 33.2. The van der Waals surface area contributed by atoms with Gasteiger partial charge in [-0.15, -0.1) is 0 Å². The number of hydrogen-bond donors (Lipinski definition) is 0. The molecule has 9 aromatic carbocycles. The number of hydrogen-bond acceptors (Lipinski definition) is 1. The van der Waals surface area contributed by atoms with Crippen LogP contribution in [0.3, 0.4) is 0 Å². The topological polar surface area (TPSA) is 8.17 Å². The lowest BCUT2D eigenvalue weighted by molar-refractivity contribution is 0.632. The van der Waals surface area contributed by atoms with Gasteiger partial charge in [-0.1, -0.05) is 172 Å². The molecule has 59 heavy (non-hydrogen) atoms. The van der Waals surface area contributed by atoms with E-state index >= 15 is 0 Å². The number of anilines is 3. The van der Waals surface area contributed by atoms with Crippen LogP contribution in [-0.2, 0) is 5.41 Å². The molecule has 0 bridgehead atoms. The second-order valence-electron chi connectivity index (χ2n) is 16.2. The van der Waals surface area contributed by atoms with E-state index in [1.165, 1.54) is 88.8 Å². The molecule has 11 rings (SSSR count). The van der Waals surface area contributed by atoms with Crippen molar-refractivity contribution in [1.29, 1.82) is 0 Å². The Balaban J connectivity index is 1.20. The number of para-hydroxylation sites is 2. The predicted octanol–water partition coefficient (Wildman–Crippen LogP) is 15.6. The minimum Gasteiger partial charge on any atom is -0.310 e. The highest BCUT2D eigenvalue weighted by atomic mass is 15.2. The zero-order chi connectivity index (χ0) is 39.5. The van der Waals surface area contributed by atoms with E-state index in [0.717, 1.165) is 11.4 Å². The van der Waals surface area contributed by atoms with Gasteiger partial charge in [-0.25, -0.2) is 0 Å². The Morgan fingerprint density at radius 2 is 0.746 bits per heavy atom. The van der Waals surface area contributed by atoms with Crippen LogP contribution in [0.1, 0.15) is 25.0 Å². The Morgan fingerprint density at radius 3 is 1.27 bits per heavy atom. The third-order valence-corrected chi connectivity index (χ3v) is 12.3. The summed E-state index contributed by atoms with van der Waals surface area (Å²) in [6, 6.07) is 80.0. The molecule has 2 heterocycles. The fourth-order valence-electron chi connectivity index (χ4n) is 9.39. The molecule has 0 fully saturated rings. The first kappa shape index (κ1) is 34.8. The van der Waals surface area contributed by atoms with Gasteiger partial charge in [0.05, 0.1) is 22.4 Å². The highest BCUT2D eigenvalue weighted by Gasteiger charge is 2.38. The SMILES string of the molecule is CC1(C)c2ccccc2N(c2cc(-c3ccccc3)cc(-c3ccccc3)c2)c2cc3c4ccccc4n(-c4cc(-c5ccccc5)cc(-c5ccccc5)c4)c3cc21. The molecule has 0 saturated heterocycles. The monoisotopic (exact) mass is 754 g/mol. The average Bonchev–Trinajstić information content (AvgIpc) is 3.63. The van der Waals surface area contributed by atoms with Crippen molar-refractivity contribution in [3.8, 4) is 50.2 Å². The second kappa shape index (κ2) is 13.9. The van der Waals surface area contributed by atoms with Crippen molar-refractivity contribution in [3.05, 3.63) is 230 Å². The molecule has 0 N–H and O–H groups in total. The maximum Gasteiger partial charge on any atom is 0.0545 e. The quantitative estimate of drug-likeness (QED) is 0.164. The van der Waals surface area contributed by atoms with Gasteiger partial charge in [0.2, 0.25) is 0 Å².